The molecule has 258 valence electrons. The highest BCUT2D eigenvalue weighted by Gasteiger charge is 2.44. The number of nitrogens with zero attached hydrogens (tertiary/aromatic N) is 4. The van der Waals surface area contributed by atoms with Crippen LogP contribution in [0, 0.1) is 0 Å². The molecule has 0 aliphatic carbocycles. The van der Waals surface area contributed by atoms with Crippen LogP contribution >= 0.6 is 0 Å². The number of cyclic esters (lactones) is 2. The first-order valence-corrected chi connectivity index (χ1v) is 17.1. The summed E-state index contributed by atoms with van der Waals surface area (Å²) in [4.78, 5) is 69.5. The molecule has 4 amide bonds. The number of ether oxygens (including phenoxy) is 2. The average Bonchev–Trinajstić information content (AvgIpc) is 3.97. The number of imidazole rings is 2. The minimum atomic E-state index is -0.690. The number of aromatic amines is 2. The van der Waals surface area contributed by atoms with Crippen LogP contribution in [0.1, 0.15) is 63.3 Å². The van der Waals surface area contributed by atoms with Crippen LogP contribution in [-0.4, -0.2) is 91.1 Å². The van der Waals surface area contributed by atoms with Crippen LogP contribution in [0.5, 0.6) is 0 Å². The predicted octanol–water partition coefficient (Wildman–Crippen LogP) is 4.45. The number of carbonyl (C=O) groups excluding carboxylic acids is 4. The van der Waals surface area contributed by atoms with E-state index in [1.807, 2.05) is 24.3 Å². The van der Waals surface area contributed by atoms with Crippen LogP contribution in [0.4, 0.5) is 9.59 Å². The Morgan fingerprint density at radius 3 is 1.38 bits per heavy atom. The molecule has 14 nitrogen and oxygen atoms in total. The predicted molar refractivity (Wildman–Crippen MR) is 180 cm³/mol. The fourth-order valence-electron chi connectivity index (χ4n) is 7.53. The maximum absolute atomic E-state index is 13.2. The van der Waals surface area contributed by atoms with E-state index in [9.17, 15) is 19.2 Å². The molecule has 8 rings (SSSR count). The number of hydrogen-bond acceptors (Lipinski definition) is 8. The van der Waals surface area contributed by atoms with Crippen molar-refractivity contribution in [2.75, 3.05) is 13.1 Å². The van der Waals surface area contributed by atoms with Crippen molar-refractivity contribution in [3.63, 3.8) is 0 Å². The van der Waals surface area contributed by atoms with E-state index in [2.05, 4.69) is 54.8 Å². The summed E-state index contributed by atoms with van der Waals surface area (Å²) in [6.07, 6.45) is 4.72. The molecule has 4 N–H and O–H groups in total. The van der Waals surface area contributed by atoms with Gasteiger partial charge in [-0.2, -0.15) is 0 Å². The van der Waals surface area contributed by atoms with Crippen LogP contribution in [0.2, 0.25) is 0 Å². The molecule has 4 aliphatic heterocycles. The van der Waals surface area contributed by atoms with Crippen LogP contribution in [-0.2, 0) is 19.1 Å². The second kappa shape index (κ2) is 12.7. The van der Waals surface area contributed by atoms with Crippen LogP contribution in [0.15, 0.2) is 60.9 Å². The number of hydrogen-bond donors (Lipinski definition) is 4. The maximum atomic E-state index is 13.2. The molecule has 50 heavy (non-hydrogen) atoms. The first-order valence-electron chi connectivity index (χ1n) is 17.1. The van der Waals surface area contributed by atoms with Gasteiger partial charge in [-0.3, -0.25) is 9.59 Å². The number of rotatable bonds is 7. The molecule has 4 saturated heterocycles. The fraction of sp³-hybridized carbons (Fsp3) is 0.389. The molecule has 0 spiro atoms. The molecule has 4 aliphatic rings. The standard InChI is InChI=1S/C36H38N8O6/c1-19-29(41-35(47)49-19)33(45)43-15-3-5-27(43)31-37-17-25(39-31)23-11-7-21(8-12-23)22-9-13-24(14-10-22)26-18-38-32(40-26)28-6-4-16-44(28)34(46)30-20(2)50-36(48)42-30/h7-14,17-20,27-30H,3-6,15-16H2,1-2H3,(H,37,39)(H,38,40)(H,41,47)(H,42,48)/t19-,20-,27+,28+,29-,30+/m1/s1. The second-order valence-corrected chi connectivity index (χ2v) is 13.4. The molecule has 2 aromatic carbocycles. The normalized spacial score (nSPS) is 26.1. The van der Waals surface area contributed by atoms with Crippen molar-refractivity contribution in [3.05, 3.63) is 72.6 Å². The number of likely N-dealkylation sites (tertiary alicyclic amines) is 2. The van der Waals surface area contributed by atoms with E-state index in [1.54, 1.807) is 36.0 Å². The highest BCUT2D eigenvalue weighted by atomic mass is 16.6. The summed E-state index contributed by atoms with van der Waals surface area (Å²) in [5.41, 5.74) is 5.80. The Morgan fingerprint density at radius 2 is 1.02 bits per heavy atom. The van der Waals surface area contributed by atoms with Gasteiger partial charge in [-0.25, -0.2) is 19.6 Å². The zero-order valence-corrected chi connectivity index (χ0v) is 27.7. The van der Waals surface area contributed by atoms with Gasteiger partial charge in [0.15, 0.2) is 0 Å². The lowest BCUT2D eigenvalue weighted by molar-refractivity contribution is -0.136. The summed E-state index contributed by atoms with van der Waals surface area (Å²) >= 11 is 0. The van der Waals surface area contributed by atoms with Gasteiger partial charge in [-0.05, 0) is 61.8 Å². The third kappa shape index (κ3) is 5.73. The highest BCUT2D eigenvalue weighted by molar-refractivity contribution is 5.90. The number of aromatic nitrogens is 4. The van der Waals surface area contributed by atoms with Crippen LogP contribution in [0.25, 0.3) is 33.6 Å². The van der Waals surface area contributed by atoms with Crippen molar-refractivity contribution in [1.29, 1.82) is 0 Å². The number of H-pyrrole nitrogens is 2. The number of alkyl carbamates (subject to hydrolysis) is 2. The van der Waals surface area contributed by atoms with Gasteiger partial charge in [0, 0.05) is 13.1 Å². The minimum absolute atomic E-state index is 0.151. The van der Waals surface area contributed by atoms with E-state index in [0.29, 0.717) is 13.1 Å². The van der Waals surface area contributed by atoms with Crippen molar-refractivity contribution in [3.8, 4) is 33.6 Å². The summed E-state index contributed by atoms with van der Waals surface area (Å²) in [5.74, 6) is 1.15. The summed E-state index contributed by atoms with van der Waals surface area (Å²) in [6.45, 7) is 4.65. The zero-order valence-electron chi connectivity index (χ0n) is 27.7. The topological polar surface area (TPSA) is 175 Å². The van der Waals surface area contributed by atoms with Gasteiger partial charge in [-0.15, -0.1) is 0 Å². The molecular weight excluding hydrogens is 640 g/mol. The molecular formula is C36H38N8O6. The van der Waals surface area contributed by atoms with Crippen LogP contribution < -0.4 is 10.6 Å². The van der Waals surface area contributed by atoms with Gasteiger partial charge in [0.25, 0.3) is 0 Å². The molecule has 6 atom stereocenters. The maximum Gasteiger partial charge on any atom is 0.408 e. The molecule has 14 heteroatoms. The van der Waals surface area contributed by atoms with Crippen molar-refractivity contribution in [2.45, 2.75) is 75.9 Å². The van der Waals surface area contributed by atoms with Gasteiger partial charge < -0.3 is 39.9 Å². The van der Waals surface area contributed by atoms with Crippen molar-refractivity contribution < 1.29 is 28.7 Å². The largest absolute Gasteiger partial charge is 0.444 e. The lowest BCUT2D eigenvalue weighted by Crippen LogP contribution is -2.47. The molecule has 0 saturated carbocycles. The Kier molecular flexibility index (Phi) is 8.00. The third-order valence-corrected chi connectivity index (χ3v) is 10.2. The first kappa shape index (κ1) is 31.6. The zero-order chi connectivity index (χ0) is 34.5. The lowest BCUT2D eigenvalue weighted by atomic mass is 10.0. The Balaban J connectivity index is 0.921. The number of carbonyl (C=O) groups is 4. The van der Waals surface area contributed by atoms with Gasteiger partial charge in [0.1, 0.15) is 35.9 Å². The molecule has 0 unspecified atom stereocenters. The van der Waals surface area contributed by atoms with Gasteiger partial charge >= 0.3 is 12.2 Å². The van der Waals surface area contributed by atoms with E-state index >= 15 is 0 Å². The van der Waals surface area contributed by atoms with Crippen molar-refractivity contribution in [1.82, 2.24) is 40.4 Å². The second-order valence-electron chi connectivity index (χ2n) is 13.4. The number of nitrogens with one attached hydrogen (secondary N) is 4. The van der Waals surface area contributed by atoms with Crippen molar-refractivity contribution >= 4 is 24.0 Å². The van der Waals surface area contributed by atoms with E-state index in [4.69, 9.17) is 9.47 Å². The van der Waals surface area contributed by atoms with Gasteiger partial charge in [0.2, 0.25) is 11.8 Å². The molecule has 0 radical (unpaired) electrons. The van der Waals surface area contributed by atoms with E-state index in [0.717, 1.165) is 71.0 Å². The molecule has 0 bridgehead atoms. The summed E-state index contributed by atoms with van der Waals surface area (Å²) in [6, 6.07) is 14.7. The van der Waals surface area contributed by atoms with E-state index in [-0.39, 0.29) is 23.9 Å². The Bertz CT molecular complexity index is 1800. The van der Waals surface area contributed by atoms with Gasteiger partial charge in [0.05, 0.1) is 35.9 Å². The summed E-state index contributed by atoms with van der Waals surface area (Å²) in [5, 5.41) is 5.26. The van der Waals surface area contributed by atoms with Crippen LogP contribution in [0.3, 0.4) is 0 Å². The quantitative estimate of drug-likeness (QED) is 0.222. The molecule has 6 heterocycles. The summed E-state index contributed by atoms with van der Waals surface area (Å²) in [7, 11) is 0. The van der Waals surface area contributed by atoms with Gasteiger partial charge in [-0.1, -0.05) is 48.5 Å². The fourth-order valence-corrected chi connectivity index (χ4v) is 7.53. The Morgan fingerprint density at radius 1 is 0.640 bits per heavy atom. The Hall–Kier alpha value is -5.66. The monoisotopic (exact) mass is 678 g/mol. The molecule has 4 fully saturated rings. The third-order valence-electron chi connectivity index (χ3n) is 10.2. The first-order chi connectivity index (χ1) is 24.2. The number of amides is 4. The van der Waals surface area contributed by atoms with Crippen molar-refractivity contribution in [2.24, 2.45) is 0 Å². The average molecular weight is 679 g/mol. The molecule has 2 aromatic heterocycles. The summed E-state index contributed by atoms with van der Waals surface area (Å²) < 4.78 is 10.2. The molecule has 4 aromatic rings. The highest BCUT2D eigenvalue weighted by Crippen LogP contribution is 2.35. The Labute approximate surface area is 287 Å². The number of benzene rings is 2. The smallest absolute Gasteiger partial charge is 0.408 e. The van der Waals surface area contributed by atoms with E-state index in [1.165, 1.54) is 0 Å². The minimum Gasteiger partial charge on any atom is -0.444 e. The SMILES string of the molecule is C[C@H]1OC(=O)N[C@@H]1C(=O)N1CCC[C@H]1c1ncc(-c2ccc(-c3ccc(-c4cnc([C@@H]5CCCN5C(=O)[C@@H]5NC(=O)O[C@@H]5C)[nH]4)cc3)cc2)[nH]1. The lowest BCUT2D eigenvalue weighted by Gasteiger charge is -2.26. The van der Waals surface area contributed by atoms with E-state index < -0.39 is 36.5 Å².